The first-order chi connectivity index (χ1) is 9.58. The molecule has 1 aromatic rings. The lowest BCUT2D eigenvalue weighted by molar-refractivity contribution is 0.178. The quantitative estimate of drug-likeness (QED) is 0.677. The average molecular weight is 364 g/mol. The van der Waals surface area contributed by atoms with Gasteiger partial charge in [0.15, 0.2) is 0 Å². The van der Waals surface area contributed by atoms with Gasteiger partial charge in [-0.15, -0.1) is 0 Å². The van der Waals surface area contributed by atoms with Crippen LogP contribution in [0, 0.1) is 0 Å². The highest BCUT2D eigenvalue weighted by Crippen LogP contribution is 2.28. The molecule has 0 bridgehead atoms. The normalized spacial score (nSPS) is 12.9. The molecule has 1 N–H and O–H groups in total. The zero-order valence-electron chi connectivity index (χ0n) is 12.5. The van der Waals surface area contributed by atoms with Crippen molar-refractivity contribution < 1.29 is 4.74 Å². The highest BCUT2D eigenvalue weighted by atomic mass is 79.9. The van der Waals surface area contributed by atoms with Crippen molar-refractivity contribution in [3.05, 3.63) is 33.3 Å². The standard InChI is InChI=1S/C15H24BrClN2O/c1-18-15(7-9-19(2)8-4-10-20-3)13-6-5-12(16)11-14(13)17/h5-6,11,15,18H,4,7-10H2,1-3H3. The number of benzene rings is 1. The molecule has 3 nitrogen and oxygen atoms in total. The average Bonchev–Trinajstić information content (AvgIpc) is 2.41. The van der Waals surface area contributed by atoms with Crippen LogP contribution in [0.5, 0.6) is 0 Å². The van der Waals surface area contributed by atoms with E-state index in [1.165, 1.54) is 0 Å². The molecule has 0 saturated carbocycles. The summed E-state index contributed by atoms with van der Waals surface area (Å²) < 4.78 is 6.09. The topological polar surface area (TPSA) is 24.5 Å². The van der Waals surface area contributed by atoms with Crippen LogP contribution in [-0.2, 0) is 4.74 Å². The molecular formula is C15H24BrClN2O. The minimum absolute atomic E-state index is 0.278. The number of nitrogens with zero attached hydrogens (tertiary/aromatic N) is 1. The Kier molecular flexibility index (Phi) is 8.73. The van der Waals surface area contributed by atoms with E-state index in [0.29, 0.717) is 0 Å². The maximum Gasteiger partial charge on any atom is 0.0474 e. The van der Waals surface area contributed by atoms with Gasteiger partial charge >= 0.3 is 0 Å². The molecule has 0 heterocycles. The van der Waals surface area contributed by atoms with Crippen molar-refractivity contribution in [1.82, 2.24) is 10.2 Å². The van der Waals surface area contributed by atoms with Gasteiger partial charge in [0, 0.05) is 35.8 Å². The lowest BCUT2D eigenvalue weighted by Crippen LogP contribution is -2.26. The highest BCUT2D eigenvalue weighted by Gasteiger charge is 2.13. The fraction of sp³-hybridized carbons (Fsp3) is 0.600. The number of methoxy groups -OCH3 is 1. The van der Waals surface area contributed by atoms with Crippen LogP contribution >= 0.6 is 27.5 Å². The fourth-order valence-corrected chi connectivity index (χ4v) is 2.98. The van der Waals surface area contributed by atoms with E-state index in [1.807, 2.05) is 19.2 Å². The number of halogens is 2. The van der Waals surface area contributed by atoms with Crippen molar-refractivity contribution in [3.63, 3.8) is 0 Å². The van der Waals surface area contributed by atoms with Gasteiger partial charge in [0.05, 0.1) is 0 Å². The molecule has 0 fully saturated rings. The van der Waals surface area contributed by atoms with E-state index in [1.54, 1.807) is 7.11 Å². The number of ether oxygens (including phenoxy) is 1. The van der Waals surface area contributed by atoms with E-state index in [2.05, 4.69) is 39.3 Å². The zero-order valence-corrected chi connectivity index (χ0v) is 14.8. The van der Waals surface area contributed by atoms with Gasteiger partial charge in [0.1, 0.15) is 0 Å². The van der Waals surface area contributed by atoms with Gasteiger partial charge in [-0.3, -0.25) is 0 Å². The molecule has 0 aromatic heterocycles. The van der Waals surface area contributed by atoms with Crippen molar-refractivity contribution in [2.75, 3.05) is 40.9 Å². The molecule has 0 saturated heterocycles. The lowest BCUT2D eigenvalue weighted by atomic mass is 10.0. The van der Waals surface area contributed by atoms with E-state index < -0.39 is 0 Å². The van der Waals surface area contributed by atoms with Gasteiger partial charge in [-0.25, -0.2) is 0 Å². The van der Waals surface area contributed by atoms with E-state index >= 15 is 0 Å². The summed E-state index contributed by atoms with van der Waals surface area (Å²) in [5.41, 5.74) is 1.16. The lowest BCUT2D eigenvalue weighted by Gasteiger charge is -2.22. The second-order valence-corrected chi connectivity index (χ2v) is 6.27. The van der Waals surface area contributed by atoms with E-state index in [4.69, 9.17) is 16.3 Å². The van der Waals surface area contributed by atoms with Gasteiger partial charge in [0.25, 0.3) is 0 Å². The molecule has 0 aliphatic carbocycles. The van der Waals surface area contributed by atoms with E-state index in [0.717, 1.165) is 47.6 Å². The van der Waals surface area contributed by atoms with Crippen molar-refractivity contribution in [2.45, 2.75) is 18.9 Å². The summed E-state index contributed by atoms with van der Waals surface area (Å²) in [6.07, 6.45) is 2.09. The summed E-state index contributed by atoms with van der Waals surface area (Å²) in [5, 5.41) is 4.16. The SMILES string of the molecule is CNC(CCN(C)CCCOC)c1ccc(Br)cc1Cl. The molecule has 0 aliphatic rings. The van der Waals surface area contributed by atoms with Crippen LogP contribution < -0.4 is 5.32 Å². The van der Waals surface area contributed by atoms with Crippen molar-refractivity contribution in [2.24, 2.45) is 0 Å². The van der Waals surface area contributed by atoms with Crippen LogP contribution in [0.1, 0.15) is 24.4 Å². The summed E-state index contributed by atoms with van der Waals surface area (Å²) in [7, 11) is 5.87. The predicted octanol–water partition coefficient (Wildman–Crippen LogP) is 3.72. The third kappa shape index (κ3) is 6.10. The Morgan fingerprint density at radius 2 is 2.15 bits per heavy atom. The van der Waals surface area contributed by atoms with Gasteiger partial charge in [0.2, 0.25) is 0 Å². The number of rotatable bonds is 9. The minimum Gasteiger partial charge on any atom is -0.385 e. The maximum absolute atomic E-state index is 6.32. The molecule has 1 rings (SSSR count). The first kappa shape index (κ1) is 17.9. The second-order valence-electron chi connectivity index (χ2n) is 4.95. The Balaban J connectivity index is 2.50. The number of hydrogen-bond acceptors (Lipinski definition) is 3. The van der Waals surface area contributed by atoms with Gasteiger partial charge in [-0.1, -0.05) is 33.6 Å². The minimum atomic E-state index is 0.278. The van der Waals surface area contributed by atoms with E-state index in [-0.39, 0.29) is 6.04 Å². The number of nitrogens with one attached hydrogen (secondary N) is 1. The van der Waals surface area contributed by atoms with Crippen LogP contribution in [0.4, 0.5) is 0 Å². The van der Waals surface area contributed by atoms with Crippen LogP contribution in [0.2, 0.25) is 5.02 Å². The van der Waals surface area contributed by atoms with E-state index in [9.17, 15) is 0 Å². The molecule has 5 heteroatoms. The summed E-state index contributed by atoms with van der Waals surface area (Å²) in [5.74, 6) is 0. The van der Waals surface area contributed by atoms with Gasteiger partial charge in [-0.2, -0.15) is 0 Å². The van der Waals surface area contributed by atoms with Crippen molar-refractivity contribution >= 4 is 27.5 Å². The predicted molar refractivity (Wildman–Crippen MR) is 89.6 cm³/mol. The third-order valence-electron chi connectivity index (χ3n) is 3.37. The van der Waals surface area contributed by atoms with Crippen LogP contribution in [0.3, 0.4) is 0 Å². The number of hydrogen-bond donors (Lipinski definition) is 1. The molecule has 20 heavy (non-hydrogen) atoms. The molecule has 0 spiro atoms. The third-order valence-corrected chi connectivity index (χ3v) is 4.19. The Bertz CT molecular complexity index is 403. The molecule has 0 radical (unpaired) electrons. The summed E-state index contributed by atoms with van der Waals surface area (Å²) in [4.78, 5) is 2.33. The Labute approximate surface area is 135 Å². The smallest absolute Gasteiger partial charge is 0.0474 e. The van der Waals surface area contributed by atoms with Crippen LogP contribution in [0.15, 0.2) is 22.7 Å². The maximum atomic E-state index is 6.32. The summed E-state index contributed by atoms with van der Waals surface area (Å²) in [6, 6.07) is 6.34. The van der Waals surface area contributed by atoms with Gasteiger partial charge in [-0.05, 0) is 51.2 Å². The van der Waals surface area contributed by atoms with Crippen molar-refractivity contribution in [3.8, 4) is 0 Å². The Morgan fingerprint density at radius 1 is 1.40 bits per heavy atom. The van der Waals surface area contributed by atoms with Crippen LogP contribution in [0.25, 0.3) is 0 Å². The monoisotopic (exact) mass is 362 g/mol. The highest BCUT2D eigenvalue weighted by molar-refractivity contribution is 9.10. The first-order valence-electron chi connectivity index (χ1n) is 6.88. The second kappa shape index (κ2) is 9.74. The Hall–Kier alpha value is -0.130. The summed E-state index contributed by atoms with van der Waals surface area (Å²) >= 11 is 9.76. The molecular weight excluding hydrogens is 340 g/mol. The molecule has 0 aliphatic heterocycles. The van der Waals surface area contributed by atoms with Crippen molar-refractivity contribution in [1.29, 1.82) is 0 Å². The largest absolute Gasteiger partial charge is 0.385 e. The first-order valence-corrected chi connectivity index (χ1v) is 8.05. The van der Waals surface area contributed by atoms with Gasteiger partial charge < -0.3 is 15.0 Å². The molecule has 1 aromatic carbocycles. The molecule has 114 valence electrons. The Morgan fingerprint density at radius 3 is 2.75 bits per heavy atom. The molecule has 0 amide bonds. The molecule has 1 unspecified atom stereocenters. The zero-order chi connectivity index (χ0) is 15.0. The molecule has 1 atom stereocenters. The van der Waals surface area contributed by atoms with Crippen LogP contribution in [-0.4, -0.2) is 45.8 Å². The fourth-order valence-electron chi connectivity index (χ4n) is 2.18. The summed E-state index contributed by atoms with van der Waals surface area (Å²) in [6.45, 7) is 2.90.